The minimum absolute atomic E-state index is 0.0412. The molecule has 0 heterocycles. The van der Waals surface area contributed by atoms with Crippen LogP contribution in [0.15, 0.2) is 72.8 Å². The van der Waals surface area contributed by atoms with Gasteiger partial charge in [0.25, 0.3) is 8.32 Å². The maximum atomic E-state index is 6.82. The Labute approximate surface area is 168 Å². The lowest BCUT2D eigenvalue weighted by Gasteiger charge is -2.42. The van der Waals surface area contributed by atoms with E-state index in [2.05, 4.69) is 110 Å². The number of unbranched alkanes of at least 4 members (excludes halogenated alkanes) is 2. The van der Waals surface area contributed by atoms with Gasteiger partial charge in [-0.3, -0.25) is 0 Å². The second-order valence-electron chi connectivity index (χ2n) is 7.63. The van der Waals surface area contributed by atoms with Crippen molar-refractivity contribution in [3.63, 3.8) is 0 Å². The van der Waals surface area contributed by atoms with Gasteiger partial charge in [-0.1, -0.05) is 110 Å². The normalized spacial score (nSPS) is 12.6. The predicted molar refractivity (Wildman–Crippen MR) is 120 cm³/mol. The molecular formula is C23H31BrOSi. The summed E-state index contributed by atoms with van der Waals surface area (Å²) in [6.45, 7) is 7.62. The summed E-state index contributed by atoms with van der Waals surface area (Å²) in [5.74, 6) is 0. The van der Waals surface area contributed by atoms with E-state index in [0.717, 1.165) is 11.8 Å². The molecule has 0 aliphatic heterocycles. The van der Waals surface area contributed by atoms with Gasteiger partial charge in [-0.2, -0.15) is 0 Å². The smallest absolute Gasteiger partial charge is 0.261 e. The SMILES string of the molecule is CC(C)(C)[Si](OC/C=C\CCCCBr)(c1ccccc1)c1ccccc1. The van der Waals surface area contributed by atoms with Crippen LogP contribution in [0.1, 0.15) is 40.0 Å². The number of halogens is 1. The first-order valence-electron chi connectivity index (χ1n) is 9.48. The van der Waals surface area contributed by atoms with Gasteiger partial charge in [0.2, 0.25) is 0 Å². The van der Waals surface area contributed by atoms with Gasteiger partial charge in [-0.15, -0.1) is 0 Å². The summed E-state index contributed by atoms with van der Waals surface area (Å²) in [6.07, 6.45) is 8.03. The molecule has 140 valence electrons. The number of benzene rings is 2. The van der Waals surface area contributed by atoms with Crippen molar-refractivity contribution < 1.29 is 4.43 Å². The zero-order valence-corrected chi connectivity index (χ0v) is 18.8. The fraction of sp³-hybridized carbons (Fsp3) is 0.391. The second kappa shape index (κ2) is 10.2. The Morgan fingerprint density at radius 3 is 1.85 bits per heavy atom. The third-order valence-corrected chi connectivity index (χ3v) is 10.3. The van der Waals surface area contributed by atoms with Crippen molar-refractivity contribution in [1.82, 2.24) is 0 Å². The molecule has 0 aliphatic rings. The molecule has 0 bridgehead atoms. The van der Waals surface area contributed by atoms with E-state index < -0.39 is 8.32 Å². The minimum Gasteiger partial charge on any atom is -0.404 e. The quantitative estimate of drug-likeness (QED) is 0.215. The summed E-state index contributed by atoms with van der Waals surface area (Å²) in [6, 6.07) is 21.6. The molecule has 0 fully saturated rings. The first-order valence-corrected chi connectivity index (χ1v) is 12.5. The van der Waals surface area contributed by atoms with E-state index in [9.17, 15) is 0 Å². The summed E-state index contributed by atoms with van der Waals surface area (Å²) in [5, 5.41) is 3.80. The molecule has 3 heteroatoms. The topological polar surface area (TPSA) is 9.23 Å². The molecule has 0 spiro atoms. The predicted octanol–water partition coefficient (Wildman–Crippen LogP) is 5.68. The fourth-order valence-electron chi connectivity index (χ4n) is 3.48. The molecule has 0 saturated heterocycles. The molecule has 0 unspecified atom stereocenters. The standard InChI is InChI=1S/C23H31BrOSi/c1-23(2,3)26(21-15-9-7-10-16-21,22-17-11-8-12-18-22)25-20-14-6-4-5-13-19-24/h6-12,14-18H,4-5,13,19-20H2,1-3H3/b14-6-. The third-order valence-electron chi connectivity index (χ3n) is 4.73. The summed E-state index contributed by atoms with van der Waals surface area (Å²) >= 11 is 3.49. The zero-order valence-electron chi connectivity index (χ0n) is 16.2. The molecule has 0 aliphatic carbocycles. The Kier molecular flexibility index (Phi) is 8.33. The van der Waals surface area contributed by atoms with Crippen LogP contribution in [0, 0.1) is 0 Å². The number of allylic oxidation sites excluding steroid dienone is 1. The van der Waals surface area contributed by atoms with Crippen LogP contribution in [0.5, 0.6) is 0 Å². The first-order chi connectivity index (χ1) is 12.5. The van der Waals surface area contributed by atoms with Crippen LogP contribution in [0.2, 0.25) is 5.04 Å². The van der Waals surface area contributed by atoms with Crippen LogP contribution >= 0.6 is 15.9 Å². The van der Waals surface area contributed by atoms with Crippen molar-refractivity contribution in [2.45, 2.75) is 45.1 Å². The number of hydrogen-bond acceptors (Lipinski definition) is 1. The molecule has 1 nitrogen and oxygen atoms in total. The molecule has 0 radical (unpaired) electrons. The Bertz CT molecular complexity index is 622. The van der Waals surface area contributed by atoms with Gasteiger partial charge in [-0.05, 0) is 34.7 Å². The highest BCUT2D eigenvalue weighted by molar-refractivity contribution is 9.09. The Balaban J connectivity index is 2.32. The highest BCUT2D eigenvalue weighted by atomic mass is 79.9. The van der Waals surface area contributed by atoms with Crippen LogP contribution in [-0.4, -0.2) is 20.3 Å². The van der Waals surface area contributed by atoms with Gasteiger partial charge in [-0.25, -0.2) is 0 Å². The number of hydrogen-bond donors (Lipinski definition) is 0. The van der Waals surface area contributed by atoms with Crippen molar-refractivity contribution in [1.29, 1.82) is 0 Å². The number of rotatable bonds is 9. The van der Waals surface area contributed by atoms with Crippen LogP contribution in [0.3, 0.4) is 0 Å². The minimum atomic E-state index is -2.38. The molecule has 2 aromatic carbocycles. The molecule has 2 rings (SSSR count). The highest BCUT2D eigenvalue weighted by Gasteiger charge is 2.49. The van der Waals surface area contributed by atoms with E-state index in [4.69, 9.17) is 4.43 Å². The lowest BCUT2D eigenvalue weighted by atomic mass is 10.2. The zero-order chi connectivity index (χ0) is 18.9. The Hall–Kier alpha value is -1.16. The van der Waals surface area contributed by atoms with Crippen molar-refractivity contribution in [3.05, 3.63) is 72.8 Å². The summed E-state index contributed by atoms with van der Waals surface area (Å²) in [7, 11) is -2.38. The van der Waals surface area contributed by atoms with Crippen LogP contribution in [-0.2, 0) is 4.43 Å². The first kappa shape index (κ1) is 21.1. The lowest BCUT2D eigenvalue weighted by molar-refractivity contribution is 0.339. The van der Waals surface area contributed by atoms with Gasteiger partial charge >= 0.3 is 0 Å². The molecule has 0 saturated carbocycles. The second-order valence-corrected chi connectivity index (χ2v) is 12.7. The third kappa shape index (κ3) is 5.18. The Morgan fingerprint density at radius 1 is 0.846 bits per heavy atom. The van der Waals surface area contributed by atoms with Crippen molar-refractivity contribution >= 4 is 34.6 Å². The van der Waals surface area contributed by atoms with E-state index in [-0.39, 0.29) is 5.04 Å². The lowest BCUT2D eigenvalue weighted by Crippen LogP contribution is -2.66. The maximum absolute atomic E-state index is 6.82. The maximum Gasteiger partial charge on any atom is 0.261 e. The van der Waals surface area contributed by atoms with Gasteiger partial charge in [0.05, 0.1) is 6.61 Å². The van der Waals surface area contributed by atoms with Gasteiger partial charge in [0.1, 0.15) is 0 Å². The average Bonchev–Trinajstić information content (AvgIpc) is 2.64. The van der Waals surface area contributed by atoms with Crippen molar-refractivity contribution in [2.24, 2.45) is 0 Å². The van der Waals surface area contributed by atoms with E-state index in [1.54, 1.807) is 0 Å². The molecule has 0 amide bonds. The molecule has 0 N–H and O–H groups in total. The molecule has 0 aromatic heterocycles. The monoisotopic (exact) mass is 430 g/mol. The molecular weight excluding hydrogens is 400 g/mol. The number of alkyl halides is 1. The highest BCUT2D eigenvalue weighted by Crippen LogP contribution is 2.36. The molecule has 2 aromatic rings. The summed E-state index contributed by atoms with van der Waals surface area (Å²) in [4.78, 5) is 0. The summed E-state index contributed by atoms with van der Waals surface area (Å²) in [5.41, 5.74) is 0. The summed E-state index contributed by atoms with van der Waals surface area (Å²) < 4.78 is 6.82. The molecule has 0 atom stereocenters. The fourth-order valence-corrected chi connectivity index (χ4v) is 8.38. The van der Waals surface area contributed by atoms with E-state index in [1.807, 2.05) is 0 Å². The average molecular weight is 431 g/mol. The van der Waals surface area contributed by atoms with E-state index >= 15 is 0 Å². The van der Waals surface area contributed by atoms with Gasteiger partial charge in [0, 0.05) is 5.33 Å². The van der Waals surface area contributed by atoms with Crippen LogP contribution in [0.4, 0.5) is 0 Å². The van der Waals surface area contributed by atoms with Gasteiger partial charge in [0.15, 0.2) is 0 Å². The van der Waals surface area contributed by atoms with Crippen molar-refractivity contribution in [3.8, 4) is 0 Å². The largest absolute Gasteiger partial charge is 0.404 e. The van der Waals surface area contributed by atoms with Gasteiger partial charge < -0.3 is 4.43 Å². The van der Waals surface area contributed by atoms with E-state index in [1.165, 1.54) is 23.2 Å². The van der Waals surface area contributed by atoms with E-state index in [0.29, 0.717) is 6.61 Å². The Morgan fingerprint density at radius 2 is 1.38 bits per heavy atom. The molecule has 26 heavy (non-hydrogen) atoms. The van der Waals surface area contributed by atoms with Crippen molar-refractivity contribution in [2.75, 3.05) is 11.9 Å². The van der Waals surface area contributed by atoms with Crippen LogP contribution < -0.4 is 10.4 Å². The van der Waals surface area contributed by atoms with Crippen LogP contribution in [0.25, 0.3) is 0 Å².